The summed E-state index contributed by atoms with van der Waals surface area (Å²) >= 11 is 0. The van der Waals surface area contributed by atoms with Gasteiger partial charge in [-0.05, 0) is 17.5 Å². The molecule has 1 fully saturated rings. The van der Waals surface area contributed by atoms with Crippen molar-refractivity contribution >= 4 is 10.3 Å². The first-order chi connectivity index (χ1) is 10.1. The minimum absolute atomic E-state index is 0.188. The summed E-state index contributed by atoms with van der Waals surface area (Å²) in [6.07, 6.45) is 0.726. The van der Waals surface area contributed by atoms with Gasteiger partial charge in [-0.3, -0.25) is 4.18 Å². The van der Waals surface area contributed by atoms with Gasteiger partial charge >= 0.3 is 10.3 Å². The second kappa shape index (κ2) is 5.26. The van der Waals surface area contributed by atoms with Gasteiger partial charge in [0.15, 0.2) is 0 Å². The molecule has 0 spiro atoms. The van der Waals surface area contributed by atoms with Crippen LogP contribution in [0.4, 0.5) is 0 Å². The second-order valence-corrected chi connectivity index (χ2v) is 6.68. The summed E-state index contributed by atoms with van der Waals surface area (Å²) in [7, 11) is -2.53. The lowest BCUT2D eigenvalue weighted by molar-refractivity contribution is 0.385. The molecule has 0 saturated heterocycles. The Balaban J connectivity index is 2.00. The topological polar surface area (TPSA) is 55.4 Å². The van der Waals surface area contributed by atoms with Crippen LogP contribution >= 0.6 is 0 Å². The van der Waals surface area contributed by atoms with Crippen molar-refractivity contribution in [2.45, 2.75) is 17.9 Å². The Bertz CT molecular complexity index is 674. The first-order valence-corrected chi connectivity index (χ1v) is 8.18. The zero-order valence-corrected chi connectivity index (χ0v) is 12.5. The van der Waals surface area contributed by atoms with E-state index in [1.54, 1.807) is 0 Å². The summed E-state index contributed by atoms with van der Waals surface area (Å²) in [5.74, 6) is 0. The molecule has 1 N–H and O–H groups in total. The summed E-state index contributed by atoms with van der Waals surface area (Å²) < 4.78 is 30.5. The Kier molecular flexibility index (Phi) is 3.57. The Labute approximate surface area is 125 Å². The molecule has 1 aliphatic rings. The smallest absolute Gasteiger partial charge is 0.261 e. The predicted octanol–water partition coefficient (Wildman–Crippen LogP) is 2.23. The molecule has 0 heterocycles. The van der Waals surface area contributed by atoms with E-state index in [2.05, 4.69) is 8.91 Å². The zero-order chi connectivity index (χ0) is 14.9. The minimum Gasteiger partial charge on any atom is -0.261 e. The molecular formula is C16H17NO3S. The van der Waals surface area contributed by atoms with Gasteiger partial charge in [0.25, 0.3) is 0 Å². The zero-order valence-electron chi connectivity index (χ0n) is 11.7. The molecule has 0 unspecified atom stereocenters. The lowest BCUT2D eigenvalue weighted by Crippen LogP contribution is -2.32. The SMILES string of the molecule is COS(=O)(=O)N[C@@H]1CC1(c1ccccc1)c1ccccc1. The van der Waals surface area contributed by atoms with Crippen molar-refractivity contribution in [3.63, 3.8) is 0 Å². The van der Waals surface area contributed by atoms with Gasteiger partial charge in [-0.15, -0.1) is 0 Å². The maximum Gasteiger partial charge on any atom is 0.335 e. The van der Waals surface area contributed by atoms with Gasteiger partial charge in [-0.2, -0.15) is 13.1 Å². The van der Waals surface area contributed by atoms with Crippen molar-refractivity contribution in [1.29, 1.82) is 0 Å². The van der Waals surface area contributed by atoms with E-state index >= 15 is 0 Å². The van der Waals surface area contributed by atoms with E-state index in [0.29, 0.717) is 0 Å². The Morgan fingerprint density at radius 2 is 1.48 bits per heavy atom. The fourth-order valence-corrected chi connectivity index (χ4v) is 3.63. The molecule has 0 amide bonds. The van der Waals surface area contributed by atoms with Gasteiger partial charge < -0.3 is 0 Å². The Morgan fingerprint density at radius 1 is 1.00 bits per heavy atom. The molecule has 0 radical (unpaired) electrons. The summed E-state index contributed by atoms with van der Waals surface area (Å²) in [6, 6.07) is 19.8. The second-order valence-electron chi connectivity index (χ2n) is 5.20. The van der Waals surface area contributed by atoms with Crippen LogP contribution in [0.25, 0.3) is 0 Å². The van der Waals surface area contributed by atoms with E-state index in [1.165, 1.54) is 0 Å². The van der Waals surface area contributed by atoms with Crippen LogP contribution < -0.4 is 4.72 Å². The van der Waals surface area contributed by atoms with Crippen molar-refractivity contribution in [3.05, 3.63) is 71.8 Å². The van der Waals surface area contributed by atoms with Crippen LogP contribution in [-0.2, 0) is 19.9 Å². The molecule has 110 valence electrons. The molecule has 0 aromatic heterocycles. The van der Waals surface area contributed by atoms with Crippen LogP contribution in [-0.4, -0.2) is 21.6 Å². The molecule has 21 heavy (non-hydrogen) atoms. The molecule has 1 atom stereocenters. The highest BCUT2D eigenvalue weighted by Crippen LogP contribution is 2.53. The third-order valence-corrected chi connectivity index (χ3v) is 5.06. The van der Waals surface area contributed by atoms with Crippen LogP contribution in [0.1, 0.15) is 17.5 Å². The van der Waals surface area contributed by atoms with Crippen molar-refractivity contribution < 1.29 is 12.6 Å². The average molecular weight is 303 g/mol. The molecule has 3 rings (SSSR count). The lowest BCUT2D eigenvalue weighted by atomic mass is 9.87. The highest BCUT2D eigenvalue weighted by molar-refractivity contribution is 7.84. The lowest BCUT2D eigenvalue weighted by Gasteiger charge is -2.19. The molecule has 0 aliphatic heterocycles. The third-order valence-electron chi connectivity index (χ3n) is 4.04. The van der Waals surface area contributed by atoms with E-state index in [1.807, 2.05) is 60.7 Å². The fourth-order valence-electron chi connectivity index (χ4n) is 2.90. The first-order valence-electron chi connectivity index (χ1n) is 6.77. The van der Waals surface area contributed by atoms with Gasteiger partial charge in [-0.25, -0.2) is 0 Å². The Hall–Kier alpha value is -1.69. The van der Waals surface area contributed by atoms with Gasteiger partial charge in [0, 0.05) is 11.5 Å². The number of hydrogen-bond donors (Lipinski definition) is 1. The summed E-state index contributed by atoms with van der Waals surface area (Å²) in [6.45, 7) is 0. The van der Waals surface area contributed by atoms with Gasteiger partial charge in [0.05, 0.1) is 7.11 Å². The van der Waals surface area contributed by atoms with E-state index in [4.69, 9.17) is 0 Å². The molecule has 2 aromatic rings. The number of rotatable bonds is 5. The predicted molar refractivity (Wildman–Crippen MR) is 81.1 cm³/mol. The quantitative estimate of drug-likeness (QED) is 0.921. The Morgan fingerprint density at radius 3 is 1.90 bits per heavy atom. The molecule has 0 bridgehead atoms. The summed E-state index contributed by atoms with van der Waals surface area (Å²) in [5.41, 5.74) is 1.91. The molecule has 5 heteroatoms. The van der Waals surface area contributed by atoms with Gasteiger partial charge in [0.1, 0.15) is 0 Å². The van der Waals surface area contributed by atoms with Crippen molar-refractivity contribution in [2.75, 3.05) is 7.11 Å². The highest BCUT2D eigenvalue weighted by atomic mass is 32.2. The van der Waals surface area contributed by atoms with Gasteiger partial charge in [-0.1, -0.05) is 60.7 Å². The first kappa shape index (κ1) is 14.3. The number of benzene rings is 2. The van der Waals surface area contributed by atoms with Crippen LogP contribution in [0.15, 0.2) is 60.7 Å². The van der Waals surface area contributed by atoms with Crippen molar-refractivity contribution in [1.82, 2.24) is 4.72 Å². The summed E-state index contributed by atoms with van der Waals surface area (Å²) in [4.78, 5) is 0. The van der Waals surface area contributed by atoms with Crippen molar-refractivity contribution in [2.24, 2.45) is 0 Å². The molecule has 2 aromatic carbocycles. The largest absolute Gasteiger partial charge is 0.335 e. The molecule has 4 nitrogen and oxygen atoms in total. The highest BCUT2D eigenvalue weighted by Gasteiger charge is 2.57. The minimum atomic E-state index is -3.69. The maximum atomic E-state index is 11.7. The monoisotopic (exact) mass is 303 g/mol. The van der Waals surface area contributed by atoms with Crippen LogP contribution in [0, 0.1) is 0 Å². The normalized spacial score (nSPS) is 20.1. The van der Waals surface area contributed by atoms with Crippen LogP contribution in [0.3, 0.4) is 0 Å². The van der Waals surface area contributed by atoms with Crippen molar-refractivity contribution in [3.8, 4) is 0 Å². The van der Waals surface area contributed by atoms with Gasteiger partial charge in [0.2, 0.25) is 0 Å². The molecule has 1 aliphatic carbocycles. The maximum absolute atomic E-state index is 11.7. The van der Waals surface area contributed by atoms with Crippen LogP contribution in [0.2, 0.25) is 0 Å². The standard InChI is InChI=1S/C16H17NO3S/c1-20-21(18,19)17-15-12-16(15,13-8-4-2-5-9-13)14-10-6-3-7-11-14/h2-11,15,17H,12H2,1H3/t15-/m1/s1. The van der Waals surface area contributed by atoms with Crippen LogP contribution in [0.5, 0.6) is 0 Å². The van der Waals surface area contributed by atoms with E-state index < -0.39 is 10.3 Å². The average Bonchev–Trinajstić information content (AvgIpc) is 3.23. The summed E-state index contributed by atoms with van der Waals surface area (Å²) in [5, 5.41) is 0. The van der Waals surface area contributed by atoms with E-state index in [0.717, 1.165) is 24.7 Å². The fraction of sp³-hybridized carbons (Fsp3) is 0.250. The number of hydrogen-bond acceptors (Lipinski definition) is 3. The number of nitrogens with one attached hydrogen (secondary N) is 1. The van der Waals surface area contributed by atoms with E-state index in [-0.39, 0.29) is 11.5 Å². The molecule has 1 saturated carbocycles. The molecular weight excluding hydrogens is 286 g/mol. The van der Waals surface area contributed by atoms with E-state index in [9.17, 15) is 8.42 Å². The third kappa shape index (κ3) is 2.60.